The van der Waals surface area contributed by atoms with Gasteiger partial charge in [0.05, 0.1) is 11.9 Å². The summed E-state index contributed by atoms with van der Waals surface area (Å²) < 4.78 is 26.2. The highest BCUT2D eigenvalue weighted by atomic mass is 32.2. The molecule has 0 spiro atoms. The van der Waals surface area contributed by atoms with Gasteiger partial charge < -0.3 is 5.32 Å². The summed E-state index contributed by atoms with van der Waals surface area (Å²) in [5.41, 5.74) is 2.54. The standard InChI is InChI=1S/C24H34N2O3S/c1-18(2)21-14-10-11-15-22(21)26(30(6,28)29)17-23(27)25-19(3)16-24(4,5)20-12-8-7-9-13-20/h7-15,18-19H,16-17H2,1-6H3,(H,25,27). The van der Waals surface area contributed by atoms with E-state index in [1.54, 1.807) is 12.1 Å². The Kier molecular flexibility index (Phi) is 7.70. The first-order valence-corrected chi connectivity index (χ1v) is 12.2. The van der Waals surface area contributed by atoms with Crippen LogP contribution in [0.15, 0.2) is 54.6 Å². The normalized spacial score (nSPS) is 13.2. The van der Waals surface area contributed by atoms with E-state index in [4.69, 9.17) is 0 Å². The lowest BCUT2D eigenvalue weighted by Gasteiger charge is -2.30. The molecule has 6 heteroatoms. The summed E-state index contributed by atoms with van der Waals surface area (Å²) in [6, 6.07) is 17.4. The molecule has 2 rings (SSSR count). The monoisotopic (exact) mass is 430 g/mol. The summed E-state index contributed by atoms with van der Waals surface area (Å²) >= 11 is 0. The van der Waals surface area contributed by atoms with Gasteiger partial charge in [-0.25, -0.2) is 8.42 Å². The van der Waals surface area contributed by atoms with E-state index in [0.29, 0.717) is 5.69 Å². The molecule has 164 valence electrons. The number of carbonyl (C=O) groups excluding carboxylic acids is 1. The van der Waals surface area contributed by atoms with E-state index < -0.39 is 10.0 Å². The van der Waals surface area contributed by atoms with Crippen molar-refractivity contribution in [2.24, 2.45) is 0 Å². The lowest BCUT2D eigenvalue weighted by molar-refractivity contribution is -0.120. The minimum atomic E-state index is -3.61. The number of hydrogen-bond donors (Lipinski definition) is 1. The first-order chi connectivity index (χ1) is 13.9. The number of hydrogen-bond acceptors (Lipinski definition) is 3. The average Bonchev–Trinajstić information content (AvgIpc) is 2.65. The van der Waals surface area contributed by atoms with Crippen LogP contribution in [0.3, 0.4) is 0 Å². The smallest absolute Gasteiger partial charge is 0.240 e. The Morgan fingerprint density at radius 3 is 2.13 bits per heavy atom. The number of anilines is 1. The van der Waals surface area contributed by atoms with Crippen molar-refractivity contribution in [1.82, 2.24) is 5.32 Å². The van der Waals surface area contributed by atoms with Gasteiger partial charge in [-0.3, -0.25) is 9.10 Å². The van der Waals surface area contributed by atoms with Crippen molar-refractivity contribution < 1.29 is 13.2 Å². The summed E-state index contributed by atoms with van der Waals surface area (Å²) in [5.74, 6) is -0.172. The molecule has 2 aromatic rings. The molecule has 0 aliphatic carbocycles. The van der Waals surface area contributed by atoms with E-state index in [-0.39, 0.29) is 29.8 Å². The highest BCUT2D eigenvalue weighted by molar-refractivity contribution is 7.92. The second-order valence-electron chi connectivity index (χ2n) is 8.91. The molecule has 1 amide bonds. The average molecular weight is 431 g/mol. The molecule has 0 bridgehead atoms. The Balaban J connectivity index is 2.14. The van der Waals surface area contributed by atoms with Gasteiger partial charge in [0.2, 0.25) is 15.9 Å². The summed E-state index contributed by atoms with van der Waals surface area (Å²) in [6.07, 6.45) is 1.88. The van der Waals surface area contributed by atoms with Gasteiger partial charge in [0.25, 0.3) is 0 Å². The maximum atomic E-state index is 12.8. The summed E-state index contributed by atoms with van der Waals surface area (Å²) in [5, 5.41) is 2.98. The zero-order valence-electron chi connectivity index (χ0n) is 18.8. The van der Waals surface area contributed by atoms with Gasteiger partial charge in [0.1, 0.15) is 6.54 Å². The van der Waals surface area contributed by atoms with Crippen LogP contribution < -0.4 is 9.62 Å². The predicted octanol–water partition coefficient (Wildman–Crippen LogP) is 4.45. The summed E-state index contributed by atoms with van der Waals surface area (Å²) in [4.78, 5) is 12.8. The van der Waals surface area contributed by atoms with E-state index in [0.717, 1.165) is 18.2 Å². The molecule has 1 N–H and O–H groups in total. The Labute approximate surface area is 181 Å². The molecule has 1 atom stereocenters. The number of benzene rings is 2. The minimum absolute atomic E-state index is 0.102. The number of para-hydroxylation sites is 1. The lowest BCUT2D eigenvalue weighted by Crippen LogP contribution is -2.45. The maximum Gasteiger partial charge on any atom is 0.240 e. The Bertz CT molecular complexity index is 953. The second kappa shape index (κ2) is 9.65. The molecule has 0 saturated carbocycles. The Hall–Kier alpha value is -2.34. The van der Waals surface area contributed by atoms with Crippen molar-refractivity contribution in [3.8, 4) is 0 Å². The number of amides is 1. The molecular formula is C24H34N2O3S. The molecule has 0 aromatic heterocycles. The first kappa shape index (κ1) is 23.9. The number of rotatable bonds is 9. The van der Waals surface area contributed by atoms with E-state index in [2.05, 4.69) is 31.3 Å². The van der Waals surface area contributed by atoms with Crippen LogP contribution >= 0.6 is 0 Å². The summed E-state index contributed by atoms with van der Waals surface area (Å²) in [7, 11) is -3.61. The van der Waals surface area contributed by atoms with Crippen molar-refractivity contribution in [3.63, 3.8) is 0 Å². The van der Waals surface area contributed by atoms with Gasteiger partial charge in [0, 0.05) is 6.04 Å². The van der Waals surface area contributed by atoms with Gasteiger partial charge in [-0.05, 0) is 41.9 Å². The molecule has 0 heterocycles. The van der Waals surface area contributed by atoms with Crippen LogP contribution in [-0.4, -0.2) is 33.2 Å². The van der Waals surface area contributed by atoms with Crippen molar-refractivity contribution in [2.75, 3.05) is 17.1 Å². The quantitative estimate of drug-likeness (QED) is 0.639. The van der Waals surface area contributed by atoms with Gasteiger partial charge in [-0.1, -0.05) is 76.2 Å². The van der Waals surface area contributed by atoms with Crippen LogP contribution in [0.4, 0.5) is 5.69 Å². The second-order valence-corrected chi connectivity index (χ2v) is 10.8. The third-order valence-electron chi connectivity index (χ3n) is 5.29. The molecule has 0 radical (unpaired) electrons. The van der Waals surface area contributed by atoms with E-state index in [1.165, 1.54) is 9.87 Å². The topological polar surface area (TPSA) is 66.5 Å². The molecule has 0 fully saturated rings. The van der Waals surface area contributed by atoms with Crippen LogP contribution in [0.2, 0.25) is 0 Å². The highest BCUT2D eigenvalue weighted by Gasteiger charge is 2.27. The Morgan fingerprint density at radius 2 is 1.57 bits per heavy atom. The highest BCUT2D eigenvalue weighted by Crippen LogP contribution is 2.30. The van der Waals surface area contributed by atoms with Crippen molar-refractivity contribution in [1.29, 1.82) is 0 Å². The summed E-state index contributed by atoms with van der Waals surface area (Å²) in [6.45, 7) is 10.0. The number of nitrogens with zero attached hydrogens (tertiary/aromatic N) is 1. The fourth-order valence-electron chi connectivity index (χ4n) is 3.86. The molecule has 0 aliphatic rings. The van der Waals surface area contributed by atoms with Gasteiger partial charge >= 0.3 is 0 Å². The third kappa shape index (κ3) is 6.33. The van der Waals surface area contributed by atoms with Crippen LogP contribution in [0.1, 0.15) is 58.1 Å². The van der Waals surface area contributed by atoms with Gasteiger partial charge in [0.15, 0.2) is 0 Å². The number of sulfonamides is 1. The van der Waals surface area contributed by atoms with Crippen LogP contribution in [-0.2, 0) is 20.2 Å². The van der Waals surface area contributed by atoms with Crippen molar-refractivity contribution in [2.45, 2.75) is 58.4 Å². The Morgan fingerprint density at radius 1 is 1.00 bits per heavy atom. The maximum absolute atomic E-state index is 12.8. The zero-order chi connectivity index (χ0) is 22.5. The van der Waals surface area contributed by atoms with E-state index >= 15 is 0 Å². The van der Waals surface area contributed by atoms with E-state index in [9.17, 15) is 13.2 Å². The fourth-order valence-corrected chi connectivity index (χ4v) is 4.73. The first-order valence-electron chi connectivity index (χ1n) is 10.3. The lowest BCUT2D eigenvalue weighted by atomic mass is 9.79. The number of nitrogens with one attached hydrogen (secondary N) is 1. The molecule has 5 nitrogen and oxygen atoms in total. The van der Waals surface area contributed by atoms with Gasteiger partial charge in [-0.15, -0.1) is 0 Å². The predicted molar refractivity (Wildman–Crippen MR) is 124 cm³/mol. The molecule has 1 unspecified atom stereocenters. The van der Waals surface area contributed by atoms with Crippen LogP contribution in [0.25, 0.3) is 0 Å². The molecule has 2 aromatic carbocycles. The molecule has 0 saturated heterocycles. The third-order valence-corrected chi connectivity index (χ3v) is 6.42. The molecular weight excluding hydrogens is 396 g/mol. The van der Waals surface area contributed by atoms with Crippen LogP contribution in [0.5, 0.6) is 0 Å². The largest absolute Gasteiger partial charge is 0.352 e. The van der Waals surface area contributed by atoms with E-state index in [1.807, 2.05) is 51.1 Å². The van der Waals surface area contributed by atoms with Crippen LogP contribution in [0, 0.1) is 0 Å². The SMILES string of the molecule is CC(CC(C)(C)c1ccccc1)NC(=O)CN(c1ccccc1C(C)C)S(C)(=O)=O. The molecule has 0 aliphatic heterocycles. The minimum Gasteiger partial charge on any atom is -0.352 e. The zero-order valence-corrected chi connectivity index (χ0v) is 19.7. The fraction of sp³-hybridized carbons (Fsp3) is 0.458. The van der Waals surface area contributed by atoms with Gasteiger partial charge in [-0.2, -0.15) is 0 Å². The number of carbonyl (C=O) groups is 1. The van der Waals surface area contributed by atoms with Crippen molar-refractivity contribution in [3.05, 3.63) is 65.7 Å². The molecule has 30 heavy (non-hydrogen) atoms. The van der Waals surface area contributed by atoms with Crippen molar-refractivity contribution >= 4 is 21.6 Å².